The number of nitrogens with zero attached hydrogens (tertiary/aromatic N) is 1. The number of aliphatic hydroxyl groups is 1. The van der Waals surface area contributed by atoms with Crippen LogP contribution < -0.4 is 0 Å². The Balaban J connectivity index is 3.31. The molecule has 78 valence electrons. The summed E-state index contributed by atoms with van der Waals surface area (Å²) in [5.74, 6) is 0. The minimum Gasteiger partial charge on any atom is -0.392 e. The van der Waals surface area contributed by atoms with Crippen LogP contribution in [0.5, 0.6) is 0 Å². The van der Waals surface area contributed by atoms with Crippen LogP contribution in [0.15, 0.2) is 6.07 Å². The summed E-state index contributed by atoms with van der Waals surface area (Å²) in [6.07, 6.45) is -2.61. The molecule has 1 rings (SSSR count). The van der Waals surface area contributed by atoms with Crippen molar-refractivity contribution in [1.29, 1.82) is 0 Å². The summed E-state index contributed by atoms with van der Waals surface area (Å²) in [7, 11) is 0. The van der Waals surface area contributed by atoms with Gasteiger partial charge in [0.15, 0.2) is 0 Å². The van der Waals surface area contributed by atoms with Gasteiger partial charge in [-0.05, 0) is 39.8 Å². The molecule has 0 aromatic carbocycles. The van der Waals surface area contributed by atoms with E-state index in [1.807, 2.05) is 22.6 Å². The molecule has 0 unspecified atom stereocenters. The van der Waals surface area contributed by atoms with Crippen molar-refractivity contribution in [2.75, 3.05) is 0 Å². The molecule has 14 heavy (non-hydrogen) atoms. The molecule has 0 aliphatic carbocycles. The third-order valence-corrected chi connectivity index (χ3v) is 2.84. The van der Waals surface area contributed by atoms with Gasteiger partial charge in [0.25, 0.3) is 6.43 Å². The number of pyridine rings is 1. The van der Waals surface area contributed by atoms with Gasteiger partial charge in [-0.1, -0.05) is 15.9 Å². The molecule has 0 saturated heterocycles. The fraction of sp³-hybridized carbons (Fsp3) is 0.375. The second-order valence-corrected chi connectivity index (χ2v) is 4.23. The molecule has 2 nitrogen and oxygen atoms in total. The molecule has 0 saturated carbocycles. The number of halogens is 4. The Bertz CT molecular complexity index is 335. The average molecular weight is 378 g/mol. The first-order chi connectivity index (χ1) is 6.60. The zero-order chi connectivity index (χ0) is 10.7. The lowest BCUT2D eigenvalue weighted by Crippen LogP contribution is -2.04. The molecular weight excluding hydrogens is 371 g/mol. The summed E-state index contributed by atoms with van der Waals surface area (Å²) < 4.78 is 25.5. The first kappa shape index (κ1) is 12.3. The number of alkyl halides is 3. The van der Waals surface area contributed by atoms with Crippen LogP contribution in [0.25, 0.3) is 0 Å². The van der Waals surface area contributed by atoms with Gasteiger partial charge in [0.1, 0.15) is 9.39 Å². The maximum Gasteiger partial charge on any atom is 0.280 e. The molecule has 0 aliphatic rings. The zero-order valence-corrected chi connectivity index (χ0v) is 10.7. The van der Waals surface area contributed by atoms with Gasteiger partial charge in [0.2, 0.25) is 0 Å². The van der Waals surface area contributed by atoms with Crippen LogP contribution in [-0.4, -0.2) is 10.1 Å². The molecule has 6 heteroatoms. The lowest BCUT2D eigenvalue weighted by Gasteiger charge is -2.10. The Morgan fingerprint density at radius 1 is 1.57 bits per heavy atom. The highest BCUT2D eigenvalue weighted by Gasteiger charge is 2.18. The molecule has 0 radical (unpaired) electrons. The molecule has 0 bridgehead atoms. The number of aromatic nitrogens is 1. The van der Waals surface area contributed by atoms with Crippen LogP contribution in [0.1, 0.15) is 23.2 Å². The summed E-state index contributed by atoms with van der Waals surface area (Å²) in [6.45, 7) is -0.251. The smallest absolute Gasteiger partial charge is 0.280 e. The van der Waals surface area contributed by atoms with E-state index in [0.717, 1.165) is 0 Å². The maximum absolute atomic E-state index is 12.5. The van der Waals surface area contributed by atoms with E-state index >= 15 is 0 Å². The Morgan fingerprint density at radius 2 is 2.21 bits per heavy atom. The number of hydrogen-bond donors (Lipinski definition) is 1. The first-order valence-corrected chi connectivity index (χ1v) is 5.93. The maximum atomic E-state index is 12.5. The van der Waals surface area contributed by atoms with E-state index in [-0.39, 0.29) is 17.6 Å². The van der Waals surface area contributed by atoms with Crippen molar-refractivity contribution in [3.05, 3.63) is 26.6 Å². The molecule has 0 aliphatic heterocycles. The average Bonchev–Trinajstić information content (AvgIpc) is 2.16. The highest BCUT2D eigenvalue weighted by Crippen LogP contribution is 2.26. The highest BCUT2D eigenvalue weighted by molar-refractivity contribution is 14.1. The van der Waals surface area contributed by atoms with Gasteiger partial charge in [-0.3, -0.25) is 0 Å². The monoisotopic (exact) mass is 377 g/mol. The Kier molecular flexibility index (Phi) is 4.65. The van der Waals surface area contributed by atoms with Crippen molar-refractivity contribution in [3.8, 4) is 0 Å². The molecule has 0 fully saturated rings. The quantitative estimate of drug-likeness (QED) is 0.499. The molecule has 0 atom stereocenters. The lowest BCUT2D eigenvalue weighted by atomic mass is 10.1. The summed E-state index contributed by atoms with van der Waals surface area (Å²) in [4.78, 5) is 3.75. The van der Waals surface area contributed by atoms with Gasteiger partial charge >= 0.3 is 0 Å². The van der Waals surface area contributed by atoms with E-state index in [4.69, 9.17) is 5.11 Å². The van der Waals surface area contributed by atoms with Gasteiger partial charge in [0.05, 0.1) is 6.61 Å². The molecule has 1 heterocycles. The van der Waals surface area contributed by atoms with Gasteiger partial charge in [-0.25, -0.2) is 13.8 Å². The molecular formula is C8H7BrF2INO. The van der Waals surface area contributed by atoms with Crippen molar-refractivity contribution in [1.82, 2.24) is 4.98 Å². The topological polar surface area (TPSA) is 33.1 Å². The van der Waals surface area contributed by atoms with E-state index in [1.54, 1.807) is 6.07 Å². The molecule has 1 N–H and O–H groups in total. The van der Waals surface area contributed by atoms with Crippen molar-refractivity contribution in [2.24, 2.45) is 0 Å². The fourth-order valence-corrected chi connectivity index (χ4v) is 2.37. The predicted octanol–water partition coefficient (Wildman–Crippen LogP) is 3.01. The Morgan fingerprint density at radius 3 is 2.64 bits per heavy atom. The van der Waals surface area contributed by atoms with Crippen molar-refractivity contribution in [2.45, 2.75) is 18.4 Å². The van der Waals surface area contributed by atoms with Crippen LogP contribution in [-0.2, 0) is 11.9 Å². The van der Waals surface area contributed by atoms with Crippen molar-refractivity contribution >= 4 is 38.5 Å². The van der Waals surface area contributed by atoms with Crippen LogP contribution in [0.3, 0.4) is 0 Å². The van der Waals surface area contributed by atoms with E-state index in [9.17, 15) is 8.78 Å². The van der Waals surface area contributed by atoms with E-state index in [2.05, 4.69) is 20.9 Å². The third kappa shape index (κ3) is 2.60. The van der Waals surface area contributed by atoms with Gasteiger partial charge < -0.3 is 5.11 Å². The normalized spacial score (nSPS) is 11.0. The summed E-state index contributed by atoms with van der Waals surface area (Å²) in [5.41, 5.74) is 0.623. The zero-order valence-electron chi connectivity index (χ0n) is 6.98. The molecule has 0 spiro atoms. The first-order valence-electron chi connectivity index (χ1n) is 3.73. The van der Waals surface area contributed by atoms with Gasteiger partial charge in [-0.15, -0.1) is 0 Å². The summed E-state index contributed by atoms with van der Waals surface area (Å²) in [6, 6.07) is 1.60. The van der Waals surface area contributed by atoms with Crippen LogP contribution in [0.2, 0.25) is 0 Å². The minimum atomic E-state index is -2.61. The minimum absolute atomic E-state index is 0.251. The Labute approximate surface area is 102 Å². The second kappa shape index (κ2) is 5.32. The van der Waals surface area contributed by atoms with Gasteiger partial charge in [0, 0.05) is 5.33 Å². The number of hydrogen-bond acceptors (Lipinski definition) is 2. The SMILES string of the molecule is OCc1cc(I)nc(C(F)F)c1CBr. The third-order valence-electron chi connectivity index (χ3n) is 1.73. The van der Waals surface area contributed by atoms with Crippen LogP contribution in [0, 0.1) is 3.70 Å². The van der Waals surface area contributed by atoms with Gasteiger partial charge in [-0.2, -0.15) is 0 Å². The summed E-state index contributed by atoms with van der Waals surface area (Å²) in [5, 5.41) is 9.25. The Hall–Kier alpha value is 0.180. The van der Waals surface area contributed by atoms with E-state index in [1.165, 1.54) is 0 Å². The largest absolute Gasteiger partial charge is 0.392 e. The molecule has 1 aromatic heterocycles. The van der Waals surface area contributed by atoms with Crippen LogP contribution >= 0.6 is 38.5 Å². The number of aliphatic hydroxyl groups excluding tert-OH is 1. The molecule has 1 aromatic rings. The number of rotatable bonds is 3. The second-order valence-electron chi connectivity index (χ2n) is 2.56. The van der Waals surface area contributed by atoms with E-state index in [0.29, 0.717) is 14.8 Å². The van der Waals surface area contributed by atoms with Crippen molar-refractivity contribution < 1.29 is 13.9 Å². The highest BCUT2D eigenvalue weighted by atomic mass is 127. The standard InChI is InChI=1S/C8H7BrF2INO/c9-2-5-4(3-14)1-6(12)13-7(5)8(10)11/h1,8,14H,2-3H2. The predicted molar refractivity (Wildman–Crippen MR) is 60.5 cm³/mol. The molecule has 0 amide bonds. The summed E-state index contributed by atoms with van der Waals surface area (Å²) >= 11 is 4.96. The fourth-order valence-electron chi connectivity index (χ4n) is 1.09. The lowest BCUT2D eigenvalue weighted by molar-refractivity contribution is 0.144. The van der Waals surface area contributed by atoms with Crippen LogP contribution in [0.4, 0.5) is 8.78 Å². The van der Waals surface area contributed by atoms with E-state index < -0.39 is 6.43 Å². The van der Waals surface area contributed by atoms with Crippen molar-refractivity contribution in [3.63, 3.8) is 0 Å².